The second-order valence-electron chi connectivity index (χ2n) is 10.2. The van der Waals surface area contributed by atoms with Gasteiger partial charge in [-0.05, 0) is 77.7 Å². The first-order valence-corrected chi connectivity index (χ1v) is 13.3. The molecule has 6 rings (SSSR count). The van der Waals surface area contributed by atoms with E-state index in [1.807, 2.05) is 6.07 Å². The molecule has 0 aromatic heterocycles. The van der Waals surface area contributed by atoms with Gasteiger partial charge in [0.1, 0.15) is 11.6 Å². The molecular formula is C31H19ClF5N3O3. The summed E-state index contributed by atoms with van der Waals surface area (Å²) in [5, 5.41) is 8.13. The molecule has 0 aliphatic carbocycles. The third-order valence-corrected chi connectivity index (χ3v) is 7.66. The van der Waals surface area contributed by atoms with Gasteiger partial charge in [0.15, 0.2) is 0 Å². The van der Waals surface area contributed by atoms with Crippen molar-refractivity contribution in [1.29, 1.82) is 0 Å². The van der Waals surface area contributed by atoms with E-state index in [9.17, 15) is 36.3 Å². The van der Waals surface area contributed by atoms with Crippen LogP contribution >= 0.6 is 11.6 Å². The van der Waals surface area contributed by atoms with Gasteiger partial charge >= 0.3 is 6.18 Å². The molecule has 2 aliphatic heterocycles. The summed E-state index contributed by atoms with van der Waals surface area (Å²) >= 11 is 6.33. The molecule has 12 heteroatoms. The van der Waals surface area contributed by atoms with Crippen LogP contribution in [-0.2, 0) is 19.1 Å². The lowest BCUT2D eigenvalue weighted by atomic mass is 9.92. The van der Waals surface area contributed by atoms with Crippen LogP contribution in [0.1, 0.15) is 70.5 Å². The van der Waals surface area contributed by atoms with Crippen LogP contribution in [0, 0.1) is 11.6 Å². The molecule has 3 amide bonds. The highest BCUT2D eigenvalue weighted by Crippen LogP contribution is 2.41. The third kappa shape index (κ3) is 5.43. The molecule has 4 aromatic carbocycles. The maximum Gasteiger partial charge on any atom is 0.416 e. The van der Waals surface area contributed by atoms with Crippen LogP contribution < -0.4 is 16.0 Å². The first-order chi connectivity index (χ1) is 20.4. The van der Waals surface area contributed by atoms with Crippen molar-refractivity contribution < 1.29 is 36.3 Å². The predicted octanol–water partition coefficient (Wildman–Crippen LogP) is 6.56. The Kier molecular flexibility index (Phi) is 6.92. The van der Waals surface area contributed by atoms with Crippen LogP contribution in [0.4, 0.5) is 27.6 Å². The number of nitrogens with one attached hydrogen (secondary N) is 3. The summed E-state index contributed by atoms with van der Waals surface area (Å²) in [6.45, 7) is 0.361. The molecule has 6 nitrogen and oxygen atoms in total. The number of hydrogen-bond acceptors (Lipinski definition) is 3. The maximum atomic E-state index is 14.2. The molecule has 0 saturated carbocycles. The average Bonchev–Trinajstić information content (AvgIpc) is 3.48. The fourth-order valence-electron chi connectivity index (χ4n) is 5.38. The zero-order valence-electron chi connectivity index (χ0n) is 21.8. The summed E-state index contributed by atoms with van der Waals surface area (Å²) < 4.78 is 68.3. The second-order valence-corrected chi connectivity index (χ2v) is 10.6. The fourth-order valence-corrected chi connectivity index (χ4v) is 5.60. The minimum atomic E-state index is -4.90. The van der Waals surface area contributed by atoms with Crippen molar-refractivity contribution in [3.05, 3.63) is 133 Å². The highest BCUT2D eigenvalue weighted by atomic mass is 35.5. The molecule has 0 saturated heterocycles. The number of amides is 3. The van der Waals surface area contributed by atoms with E-state index < -0.39 is 46.8 Å². The van der Waals surface area contributed by atoms with Gasteiger partial charge in [-0.1, -0.05) is 23.7 Å². The monoisotopic (exact) mass is 611 g/mol. The molecule has 1 unspecified atom stereocenters. The van der Waals surface area contributed by atoms with Gasteiger partial charge in [0, 0.05) is 45.1 Å². The Morgan fingerprint density at radius 3 is 2.44 bits per heavy atom. The Labute approximate surface area is 245 Å². The van der Waals surface area contributed by atoms with E-state index in [-0.39, 0.29) is 45.8 Å². The SMILES string of the molecule is O=C(Nc1cc(Cc2ccc3c(c2)CNC3=O)cc2c1C(c1cc(F)ccc1Cl)NC2=O)c1cc(F)cc(C(F)(F)F)c1. The molecular weight excluding hydrogens is 593 g/mol. The number of benzene rings is 4. The Balaban J connectivity index is 1.44. The highest BCUT2D eigenvalue weighted by Gasteiger charge is 2.36. The van der Waals surface area contributed by atoms with Crippen LogP contribution in [0.2, 0.25) is 5.02 Å². The lowest BCUT2D eigenvalue weighted by Gasteiger charge is -2.19. The fraction of sp³-hybridized carbons (Fsp3) is 0.129. The smallest absolute Gasteiger partial charge is 0.348 e. The van der Waals surface area contributed by atoms with Gasteiger partial charge in [-0.25, -0.2) is 8.78 Å². The van der Waals surface area contributed by atoms with Crippen molar-refractivity contribution in [3.8, 4) is 0 Å². The zero-order valence-corrected chi connectivity index (χ0v) is 22.6. The summed E-state index contributed by atoms with van der Waals surface area (Å²) in [4.78, 5) is 38.3. The van der Waals surface area contributed by atoms with Gasteiger partial charge in [0.05, 0.1) is 11.6 Å². The highest BCUT2D eigenvalue weighted by molar-refractivity contribution is 6.31. The second kappa shape index (κ2) is 10.5. The van der Waals surface area contributed by atoms with Crippen molar-refractivity contribution in [2.75, 3.05) is 5.32 Å². The Morgan fingerprint density at radius 2 is 1.67 bits per heavy atom. The summed E-state index contributed by atoms with van der Waals surface area (Å²) in [5.74, 6) is -3.69. The van der Waals surface area contributed by atoms with Crippen molar-refractivity contribution in [2.45, 2.75) is 25.2 Å². The average molecular weight is 612 g/mol. The first kappa shape index (κ1) is 28.4. The predicted molar refractivity (Wildman–Crippen MR) is 147 cm³/mol. The Hall–Kier alpha value is -4.77. The summed E-state index contributed by atoms with van der Waals surface area (Å²) in [7, 11) is 0. The number of halogens is 6. The number of anilines is 1. The van der Waals surface area contributed by atoms with Crippen molar-refractivity contribution in [1.82, 2.24) is 10.6 Å². The van der Waals surface area contributed by atoms with Crippen LogP contribution in [0.3, 0.4) is 0 Å². The largest absolute Gasteiger partial charge is 0.416 e. The Bertz CT molecular complexity index is 1860. The molecule has 0 spiro atoms. The molecule has 0 radical (unpaired) electrons. The zero-order chi connectivity index (χ0) is 30.6. The molecule has 3 N–H and O–H groups in total. The van der Waals surface area contributed by atoms with E-state index in [1.165, 1.54) is 12.1 Å². The van der Waals surface area contributed by atoms with Gasteiger partial charge in [-0.3, -0.25) is 14.4 Å². The van der Waals surface area contributed by atoms with Crippen LogP contribution in [0.15, 0.2) is 66.7 Å². The quantitative estimate of drug-likeness (QED) is 0.224. The molecule has 0 fully saturated rings. The summed E-state index contributed by atoms with van der Waals surface area (Å²) in [6, 6.07) is 12.4. The van der Waals surface area contributed by atoms with E-state index in [4.69, 9.17) is 11.6 Å². The topological polar surface area (TPSA) is 87.3 Å². The third-order valence-electron chi connectivity index (χ3n) is 7.32. The Morgan fingerprint density at radius 1 is 0.884 bits per heavy atom. The van der Waals surface area contributed by atoms with Crippen molar-refractivity contribution in [3.63, 3.8) is 0 Å². The molecule has 4 aromatic rings. The van der Waals surface area contributed by atoms with E-state index in [1.54, 1.807) is 18.2 Å². The molecule has 1 atom stereocenters. The normalized spacial score (nSPS) is 15.5. The van der Waals surface area contributed by atoms with Crippen molar-refractivity contribution >= 4 is 35.0 Å². The van der Waals surface area contributed by atoms with Crippen LogP contribution in [0.25, 0.3) is 0 Å². The van der Waals surface area contributed by atoms with Gasteiger partial charge in [-0.15, -0.1) is 0 Å². The van der Waals surface area contributed by atoms with Crippen molar-refractivity contribution in [2.24, 2.45) is 0 Å². The van der Waals surface area contributed by atoms with Gasteiger partial charge < -0.3 is 16.0 Å². The summed E-state index contributed by atoms with van der Waals surface area (Å²) in [5.41, 5.74) is 1.31. The number of hydrogen-bond donors (Lipinski definition) is 3. The molecule has 2 aliphatic rings. The number of rotatable bonds is 5. The molecule has 218 valence electrons. The molecule has 43 heavy (non-hydrogen) atoms. The number of carbonyl (C=O) groups excluding carboxylic acids is 3. The summed E-state index contributed by atoms with van der Waals surface area (Å²) in [6.07, 6.45) is -4.64. The maximum absolute atomic E-state index is 14.2. The van der Waals surface area contributed by atoms with Gasteiger partial charge in [0.25, 0.3) is 17.7 Å². The number of fused-ring (bicyclic) bond motifs is 2. The van der Waals surface area contributed by atoms with E-state index in [2.05, 4.69) is 16.0 Å². The number of alkyl halides is 3. The molecule has 2 heterocycles. The lowest BCUT2D eigenvalue weighted by molar-refractivity contribution is -0.137. The standard InChI is InChI=1S/C31H19ClF5N3O3/c32-24-4-2-19(33)12-22(24)27-26-23(30(43)40-27)7-15(5-14-1-3-21-17(6-14)13-38-29(21)42)8-25(26)39-28(41)16-9-18(31(35,36)37)11-20(34)10-16/h1-4,6-12,27H,5,13H2,(H,38,42)(H,39,41)(H,40,43). The van der Waals surface area contributed by atoms with Gasteiger partial charge in [0.2, 0.25) is 0 Å². The van der Waals surface area contributed by atoms with Crippen LogP contribution in [0.5, 0.6) is 0 Å². The number of carbonyl (C=O) groups is 3. The lowest BCUT2D eigenvalue weighted by Crippen LogP contribution is -2.21. The van der Waals surface area contributed by atoms with E-state index >= 15 is 0 Å². The first-order valence-electron chi connectivity index (χ1n) is 12.9. The van der Waals surface area contributed by atoms with E-state index in [0.29, 0.717) is 29.8 Å². The van der Waals surface area contributed by atoms with E-state index in [0.717, 1.165) is 23.3 Å². The minimum Gasteiger partial charge on any atom is -0.348 e. The minimum absolute atomic E-state index is 0.0389. The molecule has 0 bridgehead atoms. The van der Waals surface area contributed by atoms with Gasteiger partial charge in [-0.2, -0.15) is 13.2 Å². The van der Waals surface area contributed by atoms with Crippen LogP contribution in [-0.4, -0.2) is 17.7 Å².